The van der Waals surface area contributed by atoms with Crippen LogP contribution in [0.25, 0.3) is 34.2 Å². The number of aromatic nitrogens is 3. The van der Waals surface area contributed by atoms with Gasteiger partial charge in [-0.3, -0.25) is 0 Å². The van der Waals surface area contributed by atoms with E-state index in [9.17, 15) is 0 Å². The third kappa shape index (κ3) is 4.25. The van der Waals surface area contributed by atoms with Crippen molar-refractivity contribution in [2.24, 2.45) is 0 Å². The summed E-state index contributed by atoms with van der Waals surface area (Å²) in [5.41, 5.74) is 6.19. The number of nitrogens with one attached hydrogen (secondary N) is 1. The van der Waals surface area contributed by atoms with Crippen molar-refractivity contribution in [1.29, 1.82) is 0 Å². The molecule has 0 saturated heterocycles. The highest BCUT2D eigenvalue weighted by Gasteiger charge is 2.12. The first-order chi connectivity index (χ1) is 15.8. The number of anilines is 2. The molecule has 0 amide bonds. The SMILES string of the molecule is Cc1ccccc1Nc1ccc(-c2nc(-c3ccccc3)nc(-c3ccccc3)n2)cc1. The Kier molecular flexibility index (Phi) is 5.41. The molecule has 4 aromatic carbocycles. The first kappa shape index (κ1) is 19.6. The van der Waals surface area contributed by atoms with Gasteiger partial charge in [0.25, 0.3) is 0 Å². The van der Waals surface area contributed by atoms with E-state index in [1.165, 1.54) is 5.56 Å². The monoisotopic (exact) mass is 414 g/mol. The van der Waals surface area contributed by atoms with E-state index in [-0.39, 0.29) is 0 Å². The van der Waals surface area contributed by atoms with Crippen molar-refractivity contribution in [3.8, 4) is 34.2 Å². The smallest absolute Gasteiger partial charge is 0.164 e. The molecule has 0 unspecified atom stereocenters. The van der Waals surface area contributed by atoms with Crippen molar-refractivity contribution in [3.05, 3.63) is 115 Å². The molecule has 32 heavy (non-hydrogen) atoms. The Morgan fingerprint density at radius 2 is 0.906 bits per heavy atom. The fourth-order valence-electron chi connectivity index (χ4n) is 3.51. The number of benzene rings is 4. The van der Waals surface area contributed by atoms with E-state index in [1.54, 1.807) is 0 Å². The number of para-hydroxylation sites is 1. The lowest BCUT2D eigenvalue weighted by Gasteiger charge is -2.11. The third-order valence-electron chi connectivity index (χ3n) is 5.27. The van der Waals surface area contributed by atoms with E-state index < -0.39 is 0 Å². The average molecular weight is 415 g/mol. The van der Waals surface area contributed by atoms with Gasteiger partial charge in [0.1, 0.15) is 0 Å². The van der Waals surface area contributed by atoms with Gasteiger partial charge >= 0.3 is 0 Å². The minimum Gasteiger partial charge on any atom is -0.355 e. The molecule has 0 saturated carbocycles. The molecule has 5 rings (SSSR count). The first-order valence-electron chi connectivity index (χ1n) is 10.6. The van der Waals surface area contributed by atoms with Crippen molar-refractivity contribution in [1.82, 2.24) is 15.0 Å². The summed E-state index contributed by atoms with van der Waals surface area (Å²) in [7, 11) is 0. The van der Waals surface area contributed by atoms with Gasteiger partial charge in [0.15, 0.2) is 17.5 Å². The van der Waals surface area contributed by atoms with Crippen LogP contribution >= 0.6 is 0 Å². The van der Waals surface area contributed by atoms with Gasteiger partial charge in [0.2, 0.25) is 0 Å². The Morgan fingerprint density at radius 1 is 0.469 bits per heavy atom. The Morgan fingerprint density at radius 3 is 1.41 bits per heavy atom. The Hall–Kier alpha value is -4.31. The lowest BCUT2D eigenvalue weighted by molar-refractivity contribution is 1.07. The zero-order valence-electron chi connectivity index (χ0n) is 17.7. The van der Waals surface area contributed by atoms with E-state index in [0.29, 0.717) is 17.5 Å². The summed E-state index contributed by atoms with van der Waals surface area (Å²) in [6.45, 7) is 2.09. The first-order valence-corrected chi connectivity index (χ1v) is 10.6. The zero-order valence-corrected chi connectivity index (χ0v) is 17.7. The highest BCUT2D eigenvalue weighted by atomic mass is 15.0. The number of nitrogens with zero attached hydrogens (tertiary/aromatic N) is 3. The predicted octanol–water partition coefficient (Wildman–Crippen LogP) is 6.92. The van der Waals surface area contributed by atoms with Gasteiger partial charge in [-0.25, -0.2) is 15.0 Å². The molecule has 154 valence electrons. The van der Waals surface area contributed by atoms with Crippen molar-refractivity contribution < 1.29 is 0 Å². The molecule has 4 heteroatoms. The van der Waals surface area contributed by atoms with E-state index in [1.807, 2.05) is 84.9 Å². The standard InChI is InChI=1S/C28H22N4/c1-20-10-8-9-15-25(20)29-24-18-16-23(17-19-24)28-31-26(21-11-4-2-5-12-21)30-27(32-28)22-13-6-3-7-14-22/h2-19,29H,1H3. The van der Waals surface area contributed by atoms with Gasteiger partial charge in [0, 0.05) is 28.1 Å². The van der Waals surface area contributed by atoms with E-state index in [0.717, 1.165) is 28.1 Å². The van der Waals surface area contributed by atoms with Gasteiger partial charge < -0.3 is 5.32 Å². The average Bonchev–Trinajstić information content (AvgIpc) is 2.87. The molecular weight excluding hydrogens is 392 g/mol. The maximum Gasteiger partial charge on any atom is 0.164 e. The lowest BCUT2D eigenvalue weighted by atomic mass is 10.1. The van der Waals surface area contributed by atoms with Gasteiger partial charge in [-0.2, -0.15) is 0 Å². The van der Waals surface area contributed by atoms with Crippen molar-refractivity contribution in [3.63, 3.8) is 0 Å². The molecule has 4 nitrogen and oxygen atoms in total. The topological polar surface area (TPSA) is 50.7 Å². The quantitative estimate of drug-likeness (QED) is 0.339. The number of aryl methyl sites for hydroxylation is 1. The molecule has 0 fully saturated rings. The second kappa shape index (κ2) is 8.82. The van der Waals surface area contributed by atoms with Crippen LogP contribution in [-0.4, -0.2) is 15.0 Å². The summed E-state index contributed by atoms with van der Waals surface area (Å²) >= 11 is 0. The fourth-order valence-corrected chi connectivity index (χ4v) is 3.51. The molecule has 1 N–H and O–H groups in total. The molecule has 0 radical (unpaired) electrons. The summed E-state index contributed by atoms with van der Waals surface area (Å²) in [6, 6.07) is 36.5. The largest absolute Gasteiger partial charge is 0.355 e. The maximum atomic E-state index is 4.78. The minimum atomic E-state index is 0.653. The zero-order chi connectivity index (χ0) is 21.8. The van der Waals surface area contributed by atoms with Gasteiger partial charge in [0.05, 0.1) is 0 Å². The molecule has 5 aromatic rings. The Bertz CT molecular complexity index is 1270. The molecule has 0 aliphatic carbocycles. The van der Waals surface area contributed by atoms with Crippen LogP contribution in [0.2, 0.25) is 0 Å². The number of hydrogen-bond donors (Lipinski definition) is 1. The summed E-state index contributed by atoms with van der Waals surface area (Å²) in [6.07, 6.45) is 0. The van der Waals surface area contributed by atoms with E-state index in [2.05, 4.69) is 36.5 Å². The molecule has 0 aliphatic rings. The molecule has 1 aromatic heterocycles. The van der Waals surface area contributed by atoms with Crippen LogP contribution < -0.4 is 5.32 Å². The van der Waals surface area contributed by atoms with Crippen molar-refractivity contribution >= 4 is 11.4 Å². The summed E-state index contributed by atoms with van der Waals surface area (Å²) in [5, 5.41) is 3.47. The van der Waals surface area contributed by atoms with Crippen LogP contribution in [0.1, 0.15) is 5.56 Å². The lowest BCUT2D eigenvalue weighted by Crippen LogP contribution is -2.00. The van der Waals surface area contributed by atoms with Crippen molar-refractivity contribution in [2.45, 2.75) is 6.92 Å². The van der Waals surface area contributed by atoms with E-state index >= 15 is 0 Å². The normalized spacial score (nSPS) is 10.7. The Labute approximate surface area is 187 Å². The van der Waals surface area contributed by atoms with Crippen LogP contribution in [-0.2, 0) is 0 Å². The van der Waals surface area contributed by atoms with Crippen LogP contribution in [0.5, 0.6) is 0 Å². The van der Waals surface area contributed by atoms with Crippen molar-refractivity contribution in [2.75, 3.05) is 5.32 Å². The highest BCUT2D eigenvalue weighted by Crippen LogP contribution is 2.26. The Balaban J connectivity index is 1.53. The van der Waals surface area contributed by atoms with Crippen LogP contribution in [0, 0.1) is 6.92 Å². The minimum absolute atomic E-state index is 0.653. The molecular formula is C28H22N4. The summed E-state index contributed by atoms with van der Waals surface area (Å²) in [4.78, 5) is 14.3. The highest BCUT2D eigenvalue weighted by molar-refractivity contribution is 5.69. The second-order valence-corrected chi connectivity index (χ2v) is 7.56. The van der Waals surface area contributed by atoms with Gasteiger partial charge in [-0.05, 0) is 42.8 Å². The number of rotatable bonds is 5. The fraction of sp³-hybridized carbons (Fsp3) is 0.0357. The van der Waals surface area contributed by atoms with E-state index in [4.69, 9.17) is 15.0 Å². The molecule has 0 bridgehead atoms. The third-order valence-corrected chi connectivity index (χ3v) is 5.27. The van der Waals surface area contributed by atoms with Crippen LogP contribution in [0.3, 0.4) is 0 Å². The molecule has 0 atom stereocenters. The molecule has 0 spiro atoms. The summed E-state index contributed by atoms with van der Waals surface area (Å²) < 4.78 is 0. The molecule has 1 heterocycles. The summed E-state index contributed by atoms with van der Waals surface area (Å²) in [5.74, 6) is 1.98. The maximum absolute atomic E-state index is 4.78. The van der Waals surface area contributed by atoms with Crippen LogP contribution in [0.15, 0.2) is 109 Å². The van der Waals surface area contributed by atoms with Crippen LogP contribution in [0.4, 0.5) is 11.4 Å². The second-order valence-electron chi connectivity index (χ2n) is 7.56. The predicted molar refractivity (Wildman–Crippen MR) is 131 cm³/mol. The van der Waals surface area contributed by atoms with Gasteiger partial charge in [-0.15, -0.1) is 0 Å². The number of hydrogen-bond acceptors (Lipinski definition) is 4. The molecule has 0 aliphatic heterocycles. The van der Waals surface area contributed by atoms with Gasteiger partial charge in [-0.1, -0.05) is 78.9 Å².